The van der Waals surface area contributed by atoms with Gasteiger partial charge in [-0.15, -0.1) is 0 Å². The monoisotopic (exact) mass is 235 g/mol. The van der Waals surface area contributed by atoms with E-state index in [9.17, 15) is 14.4 Å². The molecule has 0 saturated carbocycles. The minimum atomic E-state index is -0.362. The van der Waals surface area contributed by atoms with Crippen LogP contribution in [0.25, 0.3) is 0 Å². The lowest BCUT2D eigenvalue weighted by Crippen LogP contribution is -2.37. The SMILES string of the molecule is Cc1cc(C)n(C(=O)CN2C(=O)CCC2=O)n1. The van der Waals surface area contributed by atoms with Crippen molar-refractivity contribution in [2.75, 3.05) is 6.54 Å². The van der Waals surface area contributed by atoms with Gasteiger partial charge in [-0.2, -0.15) is 5.10 Å². The first-order valence-corrected chi connectivity index (χ1v) is 5.38. The van der Waals surface area contributed by atoms with E-state index in [1.165, 1.54) is 4.68 Å². The fraction of sp³-hybridized carbons (Fsp3) is 0.455. The number of nitrogens with zero attached hydrogens (tertiary/aromatic N) is 3. The Balaban J connectivity index is 2.14. The van der Waals surface area contributed by atoms with Crippen molar-refractivity contribution in [1.29, 1.82) is 0 Å². The molecule has 0 aliphatic carbocycles. The molecule has 2 amide bonds. The zero-order valence-electron chi connectivity index (χ0n) is 9.77. The van der Waals surface area contributed by atoms with Crippen LogP contribution in [0, 0.1) is 13.8 Å². The van der Waals surface area contributed by atoms with Crippen LogP contribution in [-0.2, 0) is 9.59 Å². The Morgan fingerprint density at radius 1 is 1.29 bits per heavy atom. The van der Waals surface area contributed by atoms with Crippen LogP contribution in [0.3, 0.4) is 0 Å². The molecule has 2 heterocycles. The first-order chi connectivity index (χ1) is 7.99. The molecule has 0 radical (unpaired) electrons. The Morgan fingerprint density at radius 3 is 2.35 bits per heavy atom. The van der Waals surface area contributed by atoms with Crippen molar-refractivity contribution in [2.24, 2.45) is 0 Å². The van der Waals surface area contributed by atoms with Crippen molar-refractivity contribution in [3.8, 4) is 0 Å². The average molecular weight is 235 g/mol. The van der Waals surface area contributed by atoms with Gasteiger partial charge in [0.25, 0.3) is 5.91 Å². The predicted molar refractivity (Wildman–Crippen MR) is 58.3 cm³/mol. The summed E-state index contributed by atoms with van der Waals surface area (Å²) in [6.45, 7) is 3.31. The molecule has 0 bridgehead atoms. The molecular formula is C11H13N3O3. The van der Waals surface area contributed by atoms with Crippen LogP contribution in [0.5, 0.6) is 0 Å². The van der Waals surface area contributed by atoms with Crippen molar-refractivity contribution >= 4 is 17.7 Å². The maximum Gasteiger partial charge on any atom is 0.267 e. The number of aromatic nitrogens is 2. The maximum atomic E-state index is 11.9. The zero-order chi connectivity index (χ0) is 12.6. The van der Waals surface area contributed by atoms with Crippen LogP contribution in [0.15, 0.2) is 6.07 Å². The molecule has 0 spiro atoms. The van der Waals surface area contributed by atoms with E-state index in [1.54, 1.807) is 19.9 Å². The van der Waals surface area contributed by atoms with Gasteiger partial charge < -0.3 is 0 Å². The fourth-order valence-corrected chi connectivity index (χ4v) is 1.88. The van der Waals surface area contributed by atoms with Gasteiger partial charge in [0.2, 0.25) is 11.8 Å². The van der Waals surface area contributed by atoms with Crippen LogP contribution in [0.1, 0.15) is 29.0 Å². The lowest BCUT2D eigenvalue weighted by Gasteiger charge is -2.12. The summed E-state index contributed by atoms with van der Waals surface area (Å²) in [6, 6.07) is 1.77. The van der Waals surface area contributed by atoms with E-state index in [0.29, 0.717) is 5.69 Å². The standard InChI is InChI=1S/C11H13N3O3/c1-7-5-8(2)14(12-7)11(17)6-13-9(15)3-4-10(13)16/h5H,3-4,6H2,1-2H3. The first kappa shape index (κ1) is 11.5. The van der Waals surface area contributed by atoms with Crippen molar-refractivity contribution in [2.45, 2.75) is 26.7 Å². The molecule has 2 rings (SSSR count). The zero-order valence-corrected chi connectivity index (χ0v) is 9.77. The van der Waals surface area contributed by atoms with Gasteiger partial charge in [-0.3, -0.25) is 19.3 Å². The van der Waals surface area contributed by atoms with Crippen LogP contribution in [-0.4, -0.2) is 38.9 Å². The summed E-state index contributed by atoms with van der Waals surface area (Å²) in [4.78, 5) is 35.6. The minimum Gasteiger partial charge on any atom is -0.274 e. The fourth-order valence-electron chi connectivity index (χ4n) is 1.88. The highest BCUT2D eigenvalue weighted by molar-refractivity contribution is 6.04. The molecule has 6 nitrogen and oxygen atoms in total. The quantitative estimate of drug-likeness (QED) is 0.691. The van der Waals surface area contributed by atoms with Crippen molar-refractivity contribution in [1.82, 2.24) is 14.7 Å². The van der Waals surface area contributed by atoms with Gasteiger partial charge in [0, 0.05) is 18.5 Å². The number of rotatable bonds is 2. The molecule has 6 heteroatoms. The van der Waals surface area contributed by atoms with E-state index in [0.717, 1.165) is 10.6 Å². The summed E-state index contributed by atoms with van der Waals surface area (Å²) >= 11 is 0. The van der Waals surface area contributed by atoms with Gasteiger partial charge in [0.1, 0.15) is 6.54 Å². The lowest BCUT2D eigenvalue weighted by molar-refractivity contribution is -0.137. The highest BCUT2D eigenvalue weighted by atomic mass is 16.2. The molecule has 1 fully saturated rings. The third-order valence-corrected chi connectivity index (χ3v) is 2.69. The number of carbonyl (C=O) groups excluding carboxylic acids is 3. The Kier molecular flexibility index (Phi) is 2.79. The highest BCUT2D eigenvalue weighted by Crippen LogP contribution is 2.12. The number of amides is 2. The second-order valence-corrected chi connectivity index (χ2v) is 4.11. The van der Waals surface area contributed by atoms with Crippen molar-refractivity contribution in [3.63, 3.8) is 0 Å². The summed E-state index contributed by atoms with van der Waals surface area (Å²) in [7, 11) is 0. The van der Waals surface area contributed by atoms with Crippen LogP contribution in [0.4, 0.5) is 0 Å². The van der Waals surface area contributed by atoms with E-state index in [4.69, 9.17) is 0 Å². The Labute approximate surface area is 98.2 Å². The molecule has 1 aliphatic rings. The molecular weight excluding hydrogens is 222 g/mol. The number of hydrogen-bond acceptors (Lipinski definition) is 4. The second kappa shape index (κ2) is 4.12. The largest absolute Gasteiger partial charge is 0.274 e. The van der Waals surface area contributed by atoms with Gasteiger partial charge in [-0.1, -0.05) is 0 Å². The van der Waals surface area contributed by atoms with Gasteiger partial charge in [0.15, 0.2) is 0 Å². The Hall–Kier alpha value is -1.98. The molecule has 0 unspecified atom stereocenters. The minimum absolute atomic E-state index is 0.198. The Morgan fingerprint density at radius 2 is 1.88 bits per heavy atom. The molecule has 1 saturated heterocycles. The topological polar surface area (TPSA) is 72.3 Å². The molecule has 17 heavy (non-hydrogen) atoms. The third kappa shape index (κ3) is 2.11. The smallest absolute Gasteiger partial charge is 0.267 e. The van der Waals surface area contributed by atoms with Gasteiger partial charge in [-0.25, -0.2) is 4.68 Å². The molecule has 1 aromatic rings. The van der Waals surface area contributed by atoms with Gasteiger partial charge >= 0.3 is 0 Å². The molecule has 0 N–H and O–H groups in total. The van der Waals surface area contributed by atoms with E-state index >= 15 is 0 Å². The number of likely N-dealkylation sites (tertiary alicyclic amines) is 1. The number of carbonyl (C=O) groups is 3. The van der Waals surface area contributed by atoms with Crippen molar-refractivity contribution < 1.29 is 14.4 Å². The second-order valence-electron chi connectivity index (χ2n) is 4.11. The molecule has 1 aliphatic heterocycles. The summed E-state index contributed by atoms with van der Waals surface area (Å²) in [5.41, 5.74) is 1.43. The van der Waals surface area contributed by atoms with Gasteiger partial charge in [0.05, 0.1) is 5.69 Å². The number of aryl methyl sites for hydroxylation is 2. The van der Waals surface area contributed by atoms with Crippen molar-refractivity contribution in [3.05, 3.63) is 17.5 Å². The lowest BCUT2D eigenvalue weighted by atomic mass is 10.4. The maximum absolute atomic E-state index is 11.9. The van der Waals surface area contributed by atoms with Crippen LogP contribution in [0.2, 0.25) is 0 Å². The average Bonchev–Trinajstić information content (AvgIpc) is 2.74. The van der Waals surface area contributed by atoms with E-state index < -0.39 is 0 Å². The molecule has 0 aromatic carbocycles. The van der Waals surface area contributed by atoms with E-state index in [2.05, 4.69) is 5.10 Å². The number of imide groups is 1. The summed E-state index contributed by atoms with van der Waals surface area (Å²) in [5.74, 6) is -0.936. The summed E-state index contributed by atoms with van der Waals surface area (Å²) in [6.07, 6.45) is 0.395. The molecule has 1 aromatic heterocycles. The van der Waals surface area contributed by atoms with Gasteiger partial charge in [-0.05, 0) is 19.9 Å². The molecule has 0 atom stereocenters. The number of hydrogen-bond donors (Lipinski definition) is 0. The van der Waals surface area contributed by atoms with E-state index in [1.807, 2.05) is 0 Å². The van der Waals surface area contributed by atoms with E-state index in [-0.39, 0.29) is 37.1 Å². The first-order valence-electron chi connectivity index (χ1n) is 5.38. The Bertz CT molecular complexity index is 488. The summed E-state index contributed by atoms with van der Waals surface area (Å²) in [5, 5.41) is 4.02. The highest BCUT2D eigenvalue weighted by Gasteiger charge is 2.31. The predicted octanol–water partition coefficient (Wildman–Crippen LogP) is 0.289. The van der Waals surface area contributed by atoms with Crippen LogP contribution < -0.4 is 0 Å². The normalized spacial score (nSPS) is 15.8. The summed E-state index contributed by atoms with van der Waals surface area (Å²) < 4.78 is 1.23. The third-order valence-electron chi connectivity index (χ3n) is 2.69. The molecule has 90 valence electrons. The van der Waals surface area contributed by atoms with Crippen LogP contribution >= 0.6 is 0 Å².